The average molecular weight is 455 g/mol. The van der Waals surface area contributed by atoms with Gasteiger partial charge in [0.2, 0.25) is 18.4 Å². The number of carbonyl (C=O) groups excluding carboxylic acids is 2. The molecule has 9 heteroatoms. The summed E-state index contributed by atoms with van der Waals surface area (Å²) in [7, 11) is -4.37. The Balaban J connectivity index is 1.61. The summed E-state index contributed by atoms with van der Waals surface area (Å²) in [5, 5.41) is 0. The Morgan fingerprint density at radius 2 is 1.47 bits per heavy atom. The van der Waals surface area contributed by atoms with E-state index in [1.54, 1.807) is 29.2 Å². The highest BCUT2D eigenvalue weighted by Crippen LogP contribution is 2.37. The van der Waals surface area contributed by atoms with Gasteiger partial charge in [-0.05, 0) is 25.0 Å². The summed E-state index contributed by atoms with van der Waals surface area (Å²) in [5.74, 6) is -0.195. The number of ether oxygens (including phenoxy) is 2. The normalized spacial score (nSPS) is 18.4. The zero-order valence-electron chi connectivity index (χ0n) is 17.3. The van der Waals surface area contributed by atoms with Gasteiger partial charge in [0, 0.05) is 30.3 Å². The van der Waals surface area contributed by atoms with E-state index in [0.29, 0.717) is 24.6 Å². The number of sulfonamides is 1. The first-order chi connectivity index (χ1) is 15.5. The molecular formula is C23H22N2O6S. The summed E-state index contributed by atoms with van der Waals surface area (Å²) >= 11 is 0. The molecule has 0 saturated carbocycles. The van der Waals surface area contributed by atoms with E-state index in [1.807, 2.05) is 0 Å². The van der Waals surface area contributed by atoms with Crippen LogP contribution in [0.5, 0.6) is 11.5 Å². The molecule has 32 heavy (non-hydrogen) atoms. The quantitative estimate of drug-likeness (QED) is 0.756. The maximum absolute atomic E-state index is 13.5. The van der Waals surface area contributed by atoms with Gasteiger partial charge in [0.05, 0.1) is 5.69 Å². The van der Waals surface area contributed by atoms with Gasteiger partial charge >= 0.3 is 0 Å². The van der Waals surface area contributed by atoms with Crippen molar-refractivity contribution in [1.29, 1.82) is 0 Å². The van der Waals surface area contributed by atoms with Crippen LogP contribution in [0.1, 0.15) is 46.4 Å². The third kappa shape index (κ3) is 3.52. The molecule has 0 amide bonds. The number of benzene rings is 2. The second-order valence-corrected chi connectivity index (χ2v) is 9.58. The third-order valence-electron chi connectivity index (χ3n) is 5.87. The van der Waals surface area contributed by atoms with Gasteiger partial charge in [0.25, 0.3) is 10.0 Å². The Kier molecular flexibility index (Phi) is 5.13. The Bertz CT molecular complexity index is 1240. The number of anilines is 1. The molecule has 2 aliphatic heterocycles. The number of ketones is 2. The number of hydrogen-bond acceptors (Lipinski definition) is 7. The third-order valence-corrected chi connectivity index (χ3v) is 7.29. The molecule has 1 fully saturated rings. The van der Waals surface area contributed by atoms with Crippen molar-refractivity contribution in [2.45, 2.75) is 25.7 Å². The first-order valence-electron chi connectivity index (χ1n) is 10.6. The van der Waals surface area contributed by atoms with Gasteiger partial charge in [-0.3, -0.25) is 14.3 Å². The molecule has 0 atom stereocenters. The van der Waals surface area contributed by atoms with Gasteiger partial charge < -0.3 is 14.4 Å². The number of Topliss-reactive ketones (excluding diaryl/α,β-unsaturated/α-hetero) is 2. The van der Waals surface area contributed by atoms with Crippen molar-refractivity contribution in [1.82, 2.24) is 4.90 Å². The van der Waals surface area contributed by atoms with Gasteiger partial charge in [-0.1, -0.05) is 37.1 Å². The molecule has 0 aromatic heterocycles. The molecule has 2 aromatic carbocycles. The van der Waals surface area contributed by atoms with Crippen molar-refractivity contribution in [3.63, 3.8) is 0 Å². The molecule has 8 nitrogen and oxygen atoms in total. The van der Waals surface area contributed by atoms with Crippen LogP contribution in [0, 0.1) is 0 Å². The van der Waals surface area contributed by atoms with E-state index < -0.39 is 26.5 Å². The number of allylic oxidation sites excluding steroid dienone is 2. The summed E-state index contributed by atoms with van der Waals surface area (Å²) < 4.78 is 40.1. The van der Waals surface area contributed by atoms with Crippen LogP contribution in [0.25, 0.3) is 0 Å². The Hall–Kier alpha value is -3.33. The predicted molar refractivity (Wildman–Crippen MR) is 117 cm³/mol. The molecule has 3 aliphatic rings. The standard InChI is InChI=1S/C23H22N2O6S/c26-21-16-7-3-4-8-17(16)22(27)23(20(21)25-11-5-1-2-6-12-25)32(28,29)24-15-9-10-18-19(13-15)31-14-30-18/h3-4,7-10,13,24H,1-2,5-6,11-12,14H2. The molecule has 1 aliphatic carbocycles. The molecular weight excluding hydrogens is 432 g/mol. The van der Waals surface area contributed by atoms with E-state index in [-0.39, 0.29) is 29.3 Å². The summed E-state index contributed by atoms with van der Waals surface area (Å²) in [6, 6.07) is 11.0. The minimum atomic E-state index is -4.37. The van der Waals surface area contributed by atoms with Crippen molar-refractivity contribution in [3.8, 4) is 11.5 Å². The van der Waals surface area contributed by atoms with E-state index in [9.17, 15) is 18.0 Å². The zero-order chi connectivity index (χ0) is 22.3. The van der Waals surface area contributed by atoms with E-state index >= 15 is 0 Å². The van der Waals surface area contributed by atoms with Crippen molar-refractivity contribution >= 4 is 27.3 Å². The maximum atomic E-state index is 13.5. The number of nitrogens with zero attached hydrogens (tertiary/aromatic N) is 1. The van der Waals surface area contributed by atoms with Gasteiger partial charge in [0.1, 0.15) is 5.70 Å². The van der Waals surface area contributed by atoms with Crippen LogP contribution in [-0.4, -0.2) is 44.8 Å². The highest BCUT2D eigenvalue weighted by atomic mass is 32.2. The Morgan fingerprint density at radius 1 is 0.812 bits per heavy atom. The number of rotatable bonds is 4. The Morgan fingerprint density at radius 3 is 2.19 bits per heavy atom. The second-order valence-electron chi connectivity index (χ2n) is 7.96. The molecule has 2 aromatic rings. The highest BCUT2D eigenvalue weighted by molar-refractivity contribution is 7.97. The minimum absolute atomic E-state index is 0.0381. The van der Waals surface area contributed by atoms with Crippen LogP contribution < -0.4 is 14.2 Å². The lowest BCUT2D eigenvalue weighted by molar-refractivity contribution is 0.0947. The number of carbonyl (C=O) groups is 2. The maximum Gasteiger partial charge on any atom is 0.268 e. The van der Waals surface area contributed by atoms with Crippen molar-refractivity contribution in [3.05, 3.63) is 64.2 Å². The van der Waals surface area contributed by atoms with Gasteiger partial charge in [-0.2, -0.15) is 0 Å². The molecule has 1 N–H and O–H groups in total. The van der Waals surface area contributed by atoms with E-state index in [2.05, 4.69) is 4.72 Å². The fraction of sp³-hybridized carbons (Fsp3) is 0.304. The molecule has 1 saturated heterocycles. The van der Waals surface area contributed by atoms with Crippen molar-refractivity contribution in [2.24, 2.45) is 0 Å². The highest BCUT2D eigenvalue weighted by Gasteiger charge is 2.41. The molecule has 5 rings (SSSR count). The zero-order valence-corrected chi connectivity index (χ0v) is 18.1. The first kappa shape index (κ1) is 20.6. The number of nitrogens with one attached hydrogen (secondary N) is 1. The fourth-order valence-corrected chi connectivity index (χ4v) is 5.71. The minimum Gasteiger partial charge on any atom is -0.454 e. The van der Waals surface area contributed by atoms with Crippen LogP contribution >= 0.6 is 0 Å². The predicted octanol–water partition coefficient (Wildman–Crippen LogP) is 3.32. The summed E-state index contributed by atoms with van der Waals surface area (Å²) in [5.41, 5.74) is 0.515. The van der Waals surface area contributed by atoms with Crippen LogP contribution in [-0.2, 0) is 10.0 Å². The second kappa shape index (κ2) is 7.98. The smallest absolute Gasteiger partial charge is 0.268 e. The lowest BCUT2D eigenvalue weighted by atomic mass is 9.91. The Labute approximate surface area is 185 Å². The molecule has 2 heterocycles. The lowest BCUT2D eigenvalue weighted by Crippen LogP contribution is -2.38. The van der Waals surface area contributed by atoms with Gasteiger partial charge in [-0.15, -0.1) is 0 Å². The van der Waals surface area contributed by atoms with Gasteiger partial charge in [-0.25, -0.2) is 8.42 Å². The summed E-state index contributed by atoms with van der Waals surface area (Å²) in [4.78, 5) is 28.1. The molecule has 0 unspecified atom stereocenters. The number of fused-ring (bicyclic) bond motifs is 2. The van der Waals surface area contributed by atoms with Crippen LogP contribution in [0.2, 0.25) is 0 Å². The first-order valence-corrected chi connectivity index (χ1v) is 12.0. The number of hydrogen-bond donors (Lipinski definition) is 1. The fourth-order valence-electron chi connectivity index (χ4n) is 4.34. The molecule has 0 bridgehead atoms. The van der Waals surface area contributed by atoms with Crippen molar-refractivity contribution in [2.75, 3.05) is 24.6 Å². The average Bonchev–Trinajstić information content (AvgIpc) is 3.08. The van der Waals surface area contributed by atoms with E-state index in [0.717, 1.165) is 25.7 Å². The van der Waals surface area contributed by atoms with Gasteiger partial charge in [0.15, 0.2) is 16.4 Å². The lowest BCUT2D eigenvalue weighted by Gasteiger charge is -2.30. The topological polar surface area (TPSA) is 102 Å². The van der Waals surface area contributed by atoms with E-state index in [1.165, 1.54) is 18.2 Å². The summed E-state index contributed by atoms with van der Waals surface area (Å²) in [6.07, 6.45) is 3.66. The molecule has 0 spiro atoms. The van der Waals surface area contributed by atoms with Crippen LogP contribution in [0.4, 0.5) is 5.69 Å². The molecule has 0 radical (unpaired) electrons. The van der Waals surface area contributed by atoms with Crippen LogP contribution in [0.3, 0.4) is 0 Å². The van der Waals surface area contributed by atoms with Crippen molar-refractivity contribution < 1.29 is 27.5 Å². The summed E-state index contributed by atoms with van der Waals surface area (Å²) in [6.45, 7) is 1.11. The number of likely N-dealkylation sites (tertiary alicyclic amines) is 1. The van der Waals surface area contributed by atoms with Crippen LogP contribution in [0.15, 0.2) is 53.1 Å². The van der Waals surface area contributed by atoms with E-state index in [4.69, 9.17) is 9.47 Å². The molecule has 166 valence electrons. The SMILES string of the molecule is O=C1C(N2CCCCCC2)=C(S(=O)(=O)Nc2ccc3c(c2)OCO3)C(=O)c2ccccc21. The monoisotopic (exact) mass is 454 g/mol. The largest absolute Gasteiger partial charge is 0.454 e.